The Kier molecular flexibility index (Phi) is 6.73. The third-order valence-corrected chi connectivity index (χ3v) is 6.45. The third kappa shape index (κ3) is 5.49. The molecule has 39 heavy (non-hydrogen) atoms. The predicted molar refractivity (Wildman–Crippen MR) is 138 cm³/mol. The second kappa shape index (κ2) is 10.8. The molecule has 2 aliphatic heterocycles. The molecule has 0 fully saturated rings. The van der Waals surface area contributed by atoms with Crippen molar-refractivity contribution in [2.24, 2.45) is 0 Å². The van der Waals surface area contributed by atoms with Crippen LogP contribution in [0.2, 0.25) is 0 Å². The molecule has 6 rings (SSSR count). The number of benzene rings is 3. The normalized spacial score (nSPS) is 12.8. The lowest BCUT2D eigenvalue weighted by Crippen LogP contribution is -2.32. The molecule has 1 aromatic heterocycles. The summed E-state index contributed by atoms with van der Waals surface area (Å²) >= 11 is 0. The Balaban J connectivity index is 1.14. The van der Waals surface area contributed by atoms with Crippen LogP contribution < -0.4 is 24.3 Å². The SMILES string of the molecule is O=C(NCc1ccc2c(c1)OCO2)c1cc(CN(CCc2ccccc2)C(=O)c2ccc3c(c2)OCO3)on1. The summed E-state index contributed by atoms with van der Waals surface area (Å²) in [5, 5.41) is 6.76. The van der Waals surface area contributed by atoms with Gasteiger partial charge in [0.2, 0.25) is 13.6 Å². The molecule has 3 heterocycles. The number of nitrogens with zero attached hydrogens (tertiary/aromatic N) is 2. The van der Waals surface area contributed by atoms with Crippen molar-refractivity contribution in [2.75, 3.05) is 20.1 Å². The lowest BCUT2D eigenvalue weighted by molar-refractivity contribution is 0.0728. The quantitative estimate of drug-likeness (QED) is 0.348. The van der Waals surface area contributed by atoms with E-state index in [1.165, 1.54) is 0 Å². The molecule has 0 unspecified atom stereocenters. The van der Waals surface area contributed by atoms with Gasteiger partial charge in [-0.25, -0.2) is 0 Å². The van der Waals surface area contributed by atoms with Crippen molar-refractivity contribution in [3.8, 4) is 23.0 Å². The summed E-state index contributed by atoms with van der Waals surface area (Å²) in [7, 11) is 0. The zero-order chi connectivity index (χ0) is 26.6. The summed E-state index contributed by atoms with van der Waals surface area (Å²) in [6.45, 7) is 1.17. The number of fused-ring (bicyclic) bond motifs is 2. The molecule has 1 N–H and O–H groups in total. The van der Waals surface area contributed by atoms with Crippen LogP contribution >= 0.6 is 0 Å². The molecule has 198 valence electrons. The van der Waals surface area contributed by atoms with Crippen molar-refractivity contribution >= 4 is 11.8 Å². The third-order valence-electron chi connectivity index (χ3n) is 6.45. The highest BCUT2D eigenvalue weighted by atomic mass is 16.7. The minimum Gasteiger partial charge on any atom is -0.454 e. The highest BCUT2D eigenvalue weighted by Gasteiger charge is 2.23. The smallest absolute Gasteiger partial charge is 0.273 e. The maximum absolute atomic E-state index is 13.5. The molecule has 0 saturated heterocycles. The molecule has 2 aliphatic rings. The van der Waals surface area contributed by atoms with Crippen molar-refractivity contribution in [3.63, 3.8) is 0 Å². The van der Waals surface area contributed by atoms with Gasteiger partial charge >= 0.3 is 0 Å². The highest BCUT2D eigenvalue weighted by Crippen LogP contribution is 2.33. The van der Waals surface area contributed by atoms with Gasteiger partial charge in [-0.15, -0.1) is 0 Å². The Morgan fingerprint density at radius 2 is 1.51 bits per heavy atom. The van der Waals surface area contributed by atoms with Gasteiger partial charge in [-0.2, -0.15) is 0 Å². The van der Waals surface area contributed by atoms with Crippen LogP contribution in [-0.4, -0.2) is 42.0 Å². The first-order valence-corrected chi connectivity index (χ1v) is 12.5. The van der Waals surface area contributed by atoms with E-state index in [9.17, 15) is 9.59 Å². The van der Waals surface area contributed by atoms with Gasteiger partial charge in [-0.05, 0) is 47.9 Å². The van der Waals surface area contributed by atoms with Crippen molar-refractivity contribution in [2.45, 2.75) is 19.5 Å². The fourth-order valence-corrected chi connectivity index (χ4v) is 4.38. The van der Waals surface area contributed by atoms with Gasteiger partial charge in [0.15, 0.2) is 34.5 Å². The van der Waals surface area contributed by atoms with E-state index in [0.29, 0.717) is 47.3 Å². The van der Waals surface area contributed by atoms with Crippen LogP contribution in [0.1, 0.15) is 37.7 Å². The summed E-state index contributed by atoms with van der Waals surface area (Å²) in [5.74, 6) is 2.27. The van der Waals surface area contributed by atoms with Gasteiger partial charge in [0, 0.05) is 24.7 Å². The van der Waals surface area contributed by atoms with Gasteiger partial charge in [-0.3, -0.25) is 9.59 Å². The average Bonchev–Trinajstić information content (AvgIpc) is 3.74. The fourth-order valence-electron chi connectivity index (χ4n) is 4.38. The van der Waals surface area contributed by atoms with E-state index in [4.69, 9.17) is 23.5 Å². The first-order valence-electron chi connectivity index (χ1n) is 12.5. The number of carbonyl (C=O) groups is 2. The molecule has 10 nitrogen and oxygen atoms in total. The van der Waals surface area contributed by atoms with Crippen LogP contribution in [0.4, 0.5) is 0 Å². The molecule has 10 heteroatoms. The first-order chi connectivity index (χ1) is 19.1. The lowest BCUT2D eigenvalue weighted by atomic mass is 10.1. The zero-order valence-electron chi connectivity index (χ0n) is 20.9. The van der Waals surface area contributed by atoms with Crippen LogP contribution in [0.3, 0.4) is 0 Å². The monoisotopic (exact) mass is 527 g/mol. The predicted octanol–water partition coefficient (Wildman–Crippen LogP) is 3.95. The summed E-state index contributed by atoms with van der Waals surface area (Å²) in [4.78, 5) is 27.9. The maximum atomic E-state index is 13.5. The van der Waals surface area contributed by atoms with E-state index < -0.39 is 0 Å². The Hall–Kier alpha value is -4.99. The van der Waals surface area contributed by atoms with Gasteiger partial charge in [-0.1, -0.05) is 41.6 Å². The number of carbonyl (C=O) groups excluding carboxylic acids is 2. The van der Waals surface area contributed by atoms with Crippen molar-refractivity contribution in [1.82, 2.24) is 15.4 Å². The molecule has 0 saturated carbocycles. The van der Waals surface area contributed by atoms with Crippen molar-refractivity contribution in [3.05, 3.63) is 101 Å². The molecular weight excluding hydrogens is 502 g/mol. The van der Waals surface area contributed by atoms with Crippen LogP contribution in [0.5, 0.6) is 23.0 Å². The number of rotatable bonds is 9. The zero-order valence-corrected chi connectivity index (χ0v) is 20.9. The standard InChI is InChI=1S/C29H25N3O7/c33-28(30-15-20-6-8-24-26(12-20)37-17-35-24)23-14-22(39-31-23)16-32(11-10-19-4-2-1-3-5-19)29(34)21-7-9-25-27(13-21)38-18-36-25/h1-9,12-14H,10-11,15-18H2,(H,30,33). The van der Waals surface area contributed by atoms with Gasteiger partial charge in [0.05, 0.1) is 6.54 Å². The number of nitrogens with one attached hydrogen (secondary N) is 1. The second-order valence-electron chi connectivity index (χ2n) is 9.08. The van der Waals surface area contributed by atoms with Gasteiger partial charge in [0.1, 0.15) is 0 Å². The minimum absolute atomic E-state index is 0.127. The topological polar surface area (TPSA) is 112 Å². The van der Waals surface area contributed by atoms with Crippen molar-refractivity contribution in [1.29, 1.82) is 0 Å². The molecule has 0 spiro atoms. The van der Waals surface area contributed by atoms with Crippen molar-refractivity contribution < 1.29 is 33.1 Å². The maximum Gasteiger partial charge on any atom is 0.273 e. The number of amides is 2. The van der Waals surface area contributed by atoms with E-state index >= 15 is 0 Å². The molecule has 3 aromatic carbocycles. The Labute approximate surface area is 224 Å². The minimum atomic E-state index is -0.388. The second-order valence-corrected chi connectivity index (χ2v) is 9.08. The summed E-state index contributed by atoms with van der Waals surface area (Å²) in [6, 6.07) is 22.0. The first kappa shape index (κ1) is 24.4. The number of hydrogen-bond donors (Lipinski definition) is 1. The largest absolute Gasteiger partial charge is 0.454 e. The number of aromatic nitrogens is 1. The lowest BCUT2D eigenvalue weighted by Gasteiger charge is -2.22. The van der Waals surface area contributed by atoms with Crippen LogP contribution in [0, 0.1) is 0 Å². The van der Waals surface area contributed by atoms with E-state index in [1.807, 2.05) is 42.5 Å². The van der Waals surface area contributed by atoms with E-state index in [2.05, 4.69) is 10.5 Å². The molecule has 4 aromatic rings. The fraction of sp³-hybridized carbons (Fsp3) is 0.207. The molecule has 0 aliphatic carbocycles. The molecule has 0 bridgehead atoms. The average molecular weight is 528 g/mol. The molecule has 0 atom stereocenters. The Bertz CT molecular complexity index is 1500. The van der Waals surface area contributed by atoms with Gasteiger partial charge < -0.3 is 33.7 Å². The molecule has 2 amide bonds. The summed E-state index contributed by atoms with van der Waals surface area (Å²) < 4.78 is 27.0. The molecular formula is C29H25N3O7. The number of hydrogen-bond acceptors (Lipinski definition) is 8. The van der Waals surface area contributed by atoms with E-state index in [0.717, 1.165) is 11.1 Å². The Morgan fingerprint density at radius 3 is 2.31 bits per heavy atom. The van der Waals surface area contributed by atoms with Crippen LogP contribution in [0.15, 0.2) is 77.3 Å². The van der Waals surface area contributed by atoms with E-state index in [-0.39, 0.29) is 44.2 Å². The van der Waals surface area contributed by atoms with Crippen LogP contribution in [0.25, 0.3) is 0 Å². The summed E-state index contributed by atoms with van der Waals surface area (Å²) in [5.41, 5.74) is 2.55. The Morgan fingerprint density at radius 1 is 0.795 bits per heavy atom. The van der Waals surface area contributed by atoms with E-state index in [1.54, 1.807) is 35.2 Å². The van der Waals surface area contributed by atoms with Crippen LogP contribution in [-0.2, 0) is 19.5 Å². The highest BCUT2D eigenvalue weighted by molar-refractivity contribution is 5.95. The van der Waals surface area contributed by atoms with Gasteiger partial charge in [0.25, 0.3) is 11.8 Å². The summed E-state index contributed by atoms with van der Waals surface area (Å²) in [6.07, 6.45) is 0.647. The molecule has 0 radical (unpaired) electrons. The number of ether oxygens (including phenoxy) is 4.